The smallest absolute Gasteiger partial charge is 0.281 e. The largest absolute Gasteiger partial charge is 0.386 e. The van der Waals surface area contributed by atoms with Gasteiger partial charge in [-0.1, -0.05) is 36.2 Å². The van der Waals surface area contributed by atoms with E-state index in [0.717, 1.165) is 37.1 Å². The van der Waals surface area contributed by atoms with E-state index in [9.17, 15) is 4.79 Å². The lowest BCUT2D eigenvalue weighted by atomic mass is 9.63. The molecule has 1 aromatic carbocycles. The van der Waals surface area contributed by atoms with E-state index in [0.29, 0.717) is 11.4 Å². The number of rotatable bonds is 6. The number of aryl methyl sites for hydroxylation is 2. The number of carbonyl (C=O) groups is 1. The second-order valence-corrected chi connectivity index (χ2v) is 7.57. The van der Waals surface area contributed by atoms with E-state index in [-0.39, 0.29) is 11.3 Å². The van der Waals surface area contributed by atoms with Crippen LogP contribution in [0.2, 0.25) is 0 Å². The molecule has 1 saturated carbocycles. The number of hydrogen-bond donors (Lipinski definition) is 1. The van der Waals surface area contributed by atoms with Gasteiger partial charge in [-0.05, 0) is 31.6 Å². The number of nitrogens with zero attached hydrogens (tertiary/aromatic N) is 3. The second-order valence-electron chi connectivity index (χ2n) is 6.59. The molecule has 3 rings (SSSR count). The molecular formula is C19H24N4OS. The van der Waals surface area contributed by atoms with Gasteiger partial charge in [-0.25, -0.2) is 0 Å². The maximum Gasteiger partial charge on any atom is 0.281 e. The van der Waals surface area contributed by atoms with Crippen LogP contribution >= 0.6 is 11.8 Å². The lowest BCUT2D eigenvalue weighted by Gasteiger charge is -2.41. The molecule has 2 aromatic rings. The van der Waals surface area contributed by atoms with Crippen molar-refractivity contribution in [1.29, 1.82) is 0 Å². The van der Waals surface area contributed by atoms with Gasteiger partial charge < -0.3 is 5.73 Å². The van der Waals surface area contributed by atoms with E-state index in [1.54, 1.807) is 28.8 Å². The Kier molecular flexibility index (Phi) is 5.27. The fourth-order valence-electron chi connectivity index (χ4n) is 3.16. The minimum absolute atomic E-state index is 0.293. The molecule has 0 aliphatic heterocycles. The van der Waals surface area contributed by atoms with Crippen molar-refractivity contribution in [3.63, 3.8) is 0 Å². The Morgan fingerprint density at radius 1 is 1.36 bits per heavy atom. The van der Waals surface area contributed by atoms with E-state index in [4.69, 9.17) is 5.73 Å². The SMILES string of the molecule is CSCCn1cc(C(=O)N=C(N)C2(c3ccc(C)cc3)CCC2)cn1. The van der Waals surface area contributed by atoms with E-state index in [1.165, 1.54) is 5.56 Å². The number of aliphatic imine (C=N–C) groups is 1. The van der Waals surface area contributed by atoms with Crippen LogP contribution in [-0.4, -0.2) is 33.5 Å². The van der Waals surface area contributed by atoms with Crippen molar-refractivity contribution in [3.05, 3.63) is 53.3 Å². The third-order valence-corrected chi connectivity index (χ3v) is 5.52. The lowest BCUT2D eigenvalue weighted by molar-refractivity contribution is 0.100. The van der Waals surface area contributed by atoms with E-state index in [2.05, 4.69) is 41.3 Å². The summed E-state index contributed by atoms with van der Waals surface area (Å²) >= 11 is 1.74. The molecular weight excluding hydrogens is 332 g/mol. The minimum Gasteiger partial charge on any atom is -0.386 e. The Morgan fingerprint density at radius 3 is 2.68 bits per heavy atom. The summed E-state index contributed by atoms with van der Waals surface area (Å²) in [6.45, 7) is 2.84. The van der Waals surface area contributed by atoms with Crippen LogP contribution in [0.3, 0.4) is 0 Å². The molecule has 25 heavy (non-hydrogen) atoms. The highest BCUT2D eigenvalue weighted by Gasteiger charge is 2.42. The molecule has 2 N–H and O–H groups in total. The average molecular weight is 356 g/mol. The maximum atomic E-state index is 12.5. The van der Waals surface area contributed by atoms with Crippen LogP contribution in [0.25, 0.3) is 0 Å². The molecule has 132 valence electrons. The van der Waals surface area contributed by atoms with Crippen LogP contribution in [0.5, 0.6) is 0 Å². The predicted molar refractivity (Wildman–Crippen MR) is 103 cm³/mol. The summed E-state index contributed by atoms with van der Waals surface area (Å²) in [5.74, 6) is 1.06. The molecule has 1 aromatic heterocycles. The molecule has 0 spiro atoms. The third kappa shape index (κ3) is 3.63. The number of benzene rings is 1. The Bertz CT molecular complexity index is 775. The minimum atomic E-state index is -0.314. The van der Waals surface area contributed by atoms with E-state index < -0.39 is 0 Å². The molecule has 1 aliphatic carbocycles. The number of thioether (sulfide) groups is 1. The summed E-state index contributed by atoms with van der Waals surface area (Å²) in [4.78, 5) is 16.7. The Labute approximate surface area is 152 Å². The zero-order chi connectivity index (χ0) is 17.9. The highest BCUT2D eigenvalue weighted by atomic mass is 32.2. The van der Waals surface area contributed by atoms with Crippen molar-refractivity contribution in [2.75, 3.05) is 12.0 Å². The van der Waals surface area contributed by atoms with Crippen molar-refractivity contribution >= 4 is 23.5 Å². The number of nitrogens with two attached hydrogens (primary N) is 1. The first kappa shape index (κ1) is 17.7. The van der Waals surface area contributed by atoms with Gasteiger partial charge in [-0.2, -0.15) is 21.9 Å². The molecule has 1 aliphatic rings. The van der Waals surface area contributed by atoms with Crippen LogP contribution < -0.4 is 5.73 Å². The van der Waals surface area contributed by atoms with Gasteiger partial charge in [-0.15, -0.1) is 0 Å². The maximum absolute atomic E-state index is 12.5. The number of hydrogen-bond acceptors (Lipinski definition) is 3. The van der Waals surface area contributed by atoms with Crippen molar-refractivity contribution in [2.45, 2.75) is 38.1 Å². The molecule has 5 nitrogen and oxygen atoms in total. The van der Waals surface area contributed by atoms with Crippen LogP contribution in [0.1, 0.15) is 40.7 Å². The van der Waals surface area contributed by atoms with Crippen molar-refractivity contribution in [2.24, 2.45) is 10.7 Å². The first-order valence-electron chi connectivity index (χ1n) is 8.53. The summed E-state index contributed by atoms with van der Waals surface area (Å²) in [6, 6.07) is 8.37. The zero-order valence-corrected chi connectivity index (χ0v) is 15.6. The van der Waals surface area contributed by atoms with Crippen LogP contribution in [0.4, 0.5) is 0 Å². The topological polar surface area (TPSA) is 73.3 Å². The summed E-state index contributed by atoms with van der Waals surface area (Å²) in [7, 11) is 0. The van der Waals surface area contributed by atoms with Gasteiger partial charge in [0.05, 0.1) is 17.2 Å². The molecule has 1 fully saturated rings. The quantitative estimate of drug-likeness (QED) is 0.637. The monoisotopic (exact) mass is 356 g/mol. The van der Waals surface area contributed by atoms with Gasteiger partial charge in [0.1, 0.15) is 5.84 Å². The molecule has 6 heteroatoms. The van der Waals surface area contributed by atoms with Gasteiger partial charge in [0.2, 0.25) is 0 Å². The fourth-order valence-corrected chi connectivity index (χ4v) is 3.53. The highest BCUT2D eigenvalue weighted by Crippen LogP contribution is 2.44. The predicted octanol–water partition coefficient (Wildman–Crippen LogP) is 3.17. The summed E-state index contributed by atoms with van der Waals surface area (Å²) in [6.07, 6.45) is 8.33. The molecule has 1 amide bonds. The normalized spacial score (nSPS) is 16.5. The Morgan fingerprint density at radius 2 is 2.08 bits per heavy atom. The third-order valence-electron chi connectivity index (χ3n) is 4.93. The molecule has 0 radical (unpaired) electrons. The molecule has 1 heterocycles. The fraction of sp³-hybridized carbons (Fsp3) is 0.421. The van der Waals surface area contributed by atoms with Crippen LogP contribution in [-0.2, 0) is 12.0 Å². The Balaban J connectivity index is 1.80. The Hall–Kier alpha value is -2.08. The van der Waals surface area contributed by atoms with Crippen molar-refractivity contribution < 1.29 is 4.79 Å². The van der Waals surface area contributed by atoms with Crippen molar-refractivity contribution in [1.82, 2.24) is 9.78 Å². The van der Waals surface area contributed by atoms with Gasteiger partial charge in [0.25, 0.3) is 5.91 Å². The van der Waals surface area contributed by atoms with Gasteiger partial charge in [-0.3, -0.25) is 9.48 Å². The van der Waals surface area contributed by atoms with E-state index >= 15 is 0 Å². The van der Waals surface area contributed by atoms with Crippen molar-refractivity contribution in [3.8, 4) is 0 Å². The standard InChI is InChI=1S/C19H24N4OS/c1-14-4-6-16(7-5-14)19(8-3-9-19)18(20)22-17(24)15-12-21-23(13-15)10-11-25-2/h4-7,12-13H,3,8-11H2,1-2H3,(H2,20,22,24). The average Bonchev–Trinajstić information content (AvgIpc) is 3.02. The molecule has 0 atom stereocenters. The highest BCUT2D eigenvalue weighted by molar-refractivity contribution is 7.98. The number of amidine groups is 1. The molecule has 0 saturated heterocycles. The van der Waals surface area contributed by atoms with Gasteiger partial charge in [0, 0.05) is 18.5 Å². The zero-order valence-electron chi connectivity index (χ0n) is 14.7. The summed E-state index contributed by atoms with van der Waals surface area (Å²) in [5, 5.41) is 4.22. The number of amides is 1. The molecule has 0 unspecified atom stereocenters. The number of aromatic nitrogens is 2. The first-order chi connectivity index (χ1) is 12.0. The van der Waals surface area contributed by atoms with Crippen LogP contribution in [0.15, 0.2) is 41.7 Å². The van der Waals surface area contributed by atoms with E-state index in [1.807, 2.05) is 6.26 Å². The van der Waals surface area contributed by atoms with Gasteiger partial charge >= 0.3 is 0 Å². The number of carbonyl (C=O) groups excluding carboxylic acids is 1. The van der Waals surface area contributed by atoms with Crippen LogP contribution in [0, 0.1) is 6.92 Å². The summed E-state index contributed by atoms with van der Waals surface area (Å²) < 4.78 is 1.77. The first-order valence-corrected chi connectivity index (χ1v) is 9.92. The second kappa shape index (κ2) is 7.44. The summed E-state index contributed by atoms with van der Waals surface area (Å²) in [5.41, 5.74) is 8.86. The molecule has 0 bridgehead atoms. The van der Waals surface area contributed by atoms with Gasteiger partial charge in [0.15, 0.2) is 0 Å². The lowest BCUT2D eigenvalue weighted by Crippen LogP contribution is -2.47.